The average molecular weight is 305 g/mol. The summed E-state index contributed by atoms with van der Waals surface area (Å²) >= 11 is 0. The predicted octanol–water partition coefficient (Wildman–Crippen LogP) is -2.30. The molecule has 0 N–H and O–H groups in total. The third kappa shape index (κ3) is 4.36. The number of pyridine rings is 1. The molecule has 1 heterocycles. The van der Waals surface area contributed by atoms with Gasteiger partial charge in [-0.25, -0.2) is 9.36 Å². The van der Waals surface area contributed by atoms with E-state index in [1.54, 1.807) is 6.08 Å². The van der Waals surface area contributed by atoms with E-state index in [2.05, 4.69) is 4.74 Å². The van der Waals surface area contributed by atoms with Crippen molar-refractivity contribution in [2.24, 2.45) is 7.05 Å². The molecule has 0 fully saturated rings. The van der Waals surface area contributed by atoms with Crippen molar-refractivity contribution in [1.82, 2.24) is 0 Å². The van der Waals surface area contributed by atoms with Crippen LogP contribution < -0.4 is 28.5 Å². The number of nitrogens with zero attached hydrogens (tertiary/aromatic N) is 1. The Hall–Kier alpha value is -0.910. The van der Waals surface area contributed by atoms with Crippen molar-refractivity contribution in [3.63, 3.8) is 0 Å². The summed E-state index contributed by atoms with van der Waals surface area (Å²) in [6.45, 7) is 0. The standard InChI is InChI=1S/C10H12NO2.HI/c1-11-7-3-4-9(8-11)5-6-10(12)13-2;/h3-8H,1-2H3;1H/q+1;/p-1/b6-5+;. The first kappa shape index (κ1) is 13.1. The molecule has 0 bridgehead atoms. The zero-order valence-electron chi connectivity index (χ0n) is 8.11. The van der Waals surface area contributed by atoms with Crippen LogP contribution in [0.15, 0.2) is 30.6 Å². The molecule has 0 aliphatic rings. The fraction of sp³-hybridized carbons (Fsp3) is 0.200. The van der Waals surface area contributed by atoms with Crippen molar-refractivity contribution in [3.05, 3.63) is 36.2 Å². The van der Waals surface area contributed by atoms with Crippen LogP contribution in [0.4, 0.5) is 0 Å². The first-order valence-corrected chi connectivity index (χ1v) is 3.93. The number of ether oxygens (including phenoxy) is 1. The van der Waals surface area contributed by atoms with Crippen LogP contribution in [-0.2, 0) is 16.6 Å². The van der Waals surface area contributed by atoms with Crippen molar-refractivity contribution in [2.75, 3.05) is 7.11 Å². The molecule has 0 spiro atoms. The summed E-state index contributed by atoms with van der Waals surface area (Å²) < 4.78 is 6.38. The van der Waals surface area contributed by atoms with Crippen LogP contribution in [0.1, 0.15) is 5.56 Å². The molecule has 0 aromatic carbocycles. The molecule has 0 saturated carbocycles. The van der Waals surface area contributed by atoms with Gasteiger partial charge in [0.15, 0.2) is 12.4 Å². The molecule has 0 aliphatic heterocycles. The lowest BCUT2D eigenvalue weighted by molar-refractivity contribution is -0.671. The maximum Gasteiger partial charge on any atom is 0.330 e. The molecule has 0 unspecified atom stereocenters. The van der Waals surface area contributed by atoms with Gasteiger partial charge in [0.25, 0.3) is 0 Å². The molecule has 1 rings (SSSR count). The minimum Gasteiger partial charge on any atom is -1.00 e. The van der Waals surface area contributed by atoms with Crippen LogP contribution >= 0.6 is 0 Å². The van der Waals surface area contributed by atoms with Gasteiger partial charge in [-0.1, -0.05) is 0 Å². The smallest absolute Gasteiger partial charge is 0.330 e. The summed E-state index contributed by atoms with van der Waals surface area (Å²) in [6.07, 6.45) is 6.95. The van der Waals surface area contributed by atoms with Gasteiger partial charge in [-0.3, -0.25) is 0 Å². The minimum atomic E-state index is -0.341. The number of rotatable bonds is 2. The van der Waals surface area contributed by atoms with Gasteiger partial charge >= 0.3 is 5.97 Å². The van der Waals surface area contributed by atoms with Crippen LogP contribution in [0, 0.1) is 0 Å². The lowest BCUT2D eigenvalue weighted by Crippen LogP contribution is -3.00. The SMILES string of the molecule is COC(=O)/C=C/c1ccc[n+](C)c1.[I-]. The molecular formula is C10H12INO2. The summed E-state index contributed by atoms with van der Waals surface area (Å²) in [4.78, 5) is 10.8. The molecule has 0 aliphatic carbocycles. The van der Waals surface area contributed by atoms with Gasteiger partial charge in [0.1, 0.15) is 7.05 Å². The maximum atomic E-state index is 10.8. The molecule has 0 saturated heterocycles. The zero-order valence-corrected chi connectivity index (χ0v) is 10.3. The quantitative estimate of drug-likeness (QED) is 0.266. The molecule has 1 aromatic rings. The third-order valence-corrected chi connectivity index (χ3v) is 1.58. The van der Waals surface area contributed by atoms with Crippen molar-refractivity contribution < 1.29 is 38.1 Å². The van der Waals surface area contributed by atoms with E-state index in [1.807, 2.05) is 36.1 Å². The Balaban J connectivity index is 0.00000169. The third-order valence-electron chi connectivity index (χ3n) is 1.58. The van der Waals surface area contributed by atoms with E-state index in [1.165, 1.54) is 13.2 Å². The molecule has 14 heavy (non-hydrogen) atoms. The predicted molar refractivity (Wildman–Crippen MR) is 48.7 cm³/mol. The number of methoxy groups -OCH3 is 1. The number of hydrogen-bond donors (Lipinski definition) is 0. The van der Waals surface area contributed by atoms with Gasteiger partial charge in [0.2, 0.25) is 0 Å². The van der Waals surface area contributed by atoms with Crippen molar-refractivity contribution in [3.8, 4) is 0 Å². The average Bonchev–Trinajstić information content (AvgIpc) is 2.14. The van der Waals surface area contributed by atoms with Gasteiger partial charge in [-0.15, -0.1) is 0 Å². The van der Waals surface area contributed by atoms with E-state index in [4.69, 9.17) is 0 Å². The number of halogens is 1. The Bertz CT molecular complexity index is 337. The van der Waals surface area contributed by atoms with Crippen LogP contribution in [0.5, 0.6) is 0 Å². The highest BCUT2D eigenvalue weighted by molar-refractivity contribution is 5.86. The van der Waals surface area contributed by atoms with Crippen LogP contribution in [-0.4, -0.2) is 13.1 Å². The minimum absolute atomic E-state index is 0. The Morgan fingerprint density at radius 3 is 2.86 bits per heavy atom. The van der Waals surface area contributed by atoms with Gasteiger partial charge < -0.3 is 28.7 Å². The normalized spacial score (nSPS) is 9.57. The van der Waals surface area contributed by atoms with E-state index < -0.39 is 0 Å². The zero-order chi connectivity index (χ0) is 9.68. The number of aryl methyl sites for hydroxylation is 1. The topological polar surface area (TPSA) is 30.2 Å². The fourth-order valence-electron chi connectivity index (χ4n) is 0.942. The second kappa shape index (κ2) is 6.53. The van der Waals surface area contributed by atoms with E-state index in [9.17, 15) is 4.79 Å². The first-order valence-electron chi connectivity index (χ1n) is 3.93. The molecule has 76 valence electrons. The van der Waals surface area contributed by atoms with E-state index >= 15 is 0 Å². The van der Waals surface area contributed by atoms with Crippen molar-refractivity contribution in [2.45, 2.75) is 0 Å². The molecule has 4 heteroatoms. The van der Waals surface area contributed by atoms with Gasteiger partial charge in [0, 0.05) is 17.7 Å². The largest absolute Gasteiger partial charge is 1.00 e. The number of carbonyl (C=O) groups excluding carboxylic acids is 1. The summed E-state index contributed by atoms with van der Waals surface area (Å²) in [5.41, 5.74) is 0.968. The molecule has 0 amide bonds. The Labute approximate surface area is 100 Å². The lowest BCUT2D eigenvalue weighted by atomic mass is 10.2. The van der Waals surface area contributed by atoms with Crippen LogP contribution in [0.3, 0.4) is 0 Å². The highest BCUT2D eigenvalue weighted by atomic mass is 127. The monoisotopic (exact) mass is 305 g/mol. The first-order chi connectivity index (χ1) is 6.22. The van der Waals surface area contributed by atoms with E-state index in [-0.39, 0.29) is 29.9 Å². The summed E-state index contributed by atoms with van der Waals surface area (Å²) in [6, 6.07) is 3.83. The summed E-state index contributed by atoms with van der Waals surface area (Å²) in [5.74, 6) is -0.341. The second-order valence-electron chi connectivity index (χ2n) is 2.66. The number of hydrogen-bond acceptors (Lipinski definition) is 2. The molecule has 0 atom stereocenters. The summed E-state index contributed by atoms with van der Waals surface area (Å²) in [5, 5.41) is 0. The van der Waals surface area contributed by atoms with Crippen molar-refractivity contribution in [1.29, 1.82) is 0 Å². The van der Waals surface area contributed by atoms with Crippen molar-refractivity contribution >= 4 is 12.0 Å². The van der Waals surface area contributed by atoms with Crippen LogP contribution in [0.25, 0.3) is 6.08 Å². The highest BCUT2D eigenvalue weighted by Crippen LogP contribution is 1.97. The molecule has 3 nitrogen and oxygen atoms in total. The Kier molecular flexibility index (Phi) is 6.11. The second-order valence-corrected chi connectivity index (χ2v) is 2.66. The number of aromatic nitrogens is 1. The fourth-order valence-corrected chi connectivity index (χ4v) is 0.942. The summed E-state index contributed by atoms with van der Waals surface area (Å²) in [7, 11) is 3.28. The Morgan fingerprint density at radius 1 is 1.57 bits per heavy atom. The Morgan fingerprint density at radius 2 is 2.29 bits per heavy atom. The maximum absolute atomic E-state index is 10.8. The molecular weight excluding hydrogens is 293 g/mol. The van der Waals surface area contributed by atoms with E-state index in [0.29, 0.717) is 0 Å². The lowest BCUT2D eigenvalue weighted by Gasteiger charge is -1.91. The molecule has 0 radical (unpaired) electrons. The number of esters is 1. The number of carbonyl (C=O) groups is 1. The van der Waals surface area contributed by atoms with Gasteiger partial charge in [-0.05, 0) is 12.1 Å². The molecule has 1 aromatic heterocycles. The van der Waals surface area contributed by atoms with Gasteiger partial charge in [0.05, 0.1) is 7.11 Å². The van der Waals surface area contributed by atoms with Crippen LogP contribution in [0.2, 0.25) is 0 Å². The van der Waals surface area contributed by atoms with Gasteiger partial charge in [-0.2, -0.15) is 0 Å². The highest BCUT2D eigenvalue weighted by Gasteiger charge is 1.95. The van der Waals surface area contributed by atoms with E-state index in [0.717, 1.165) is 5.56 Å².